The molecule has 0 unspecified atom stereocenters. The number of aryl methyl sites for hydroxylation is 1. The van der Waals surface area contributed by atoms with Gasteiger partial charge in [0.25, 0.3) is 5.91 Å². The topological polar surface area (TPSA) is 79.5 Å². The Balaban J connectivity index is 1.76. The first-order valence-corrected chi connectivity index (χ1v) is 8.08. The Morgan fingerprint density at radius 3 is 2.68 bits per heavy atom. The molecular weight excluding hydrogens is 318 g/mol. The number of hydrogen-bond acceptors (Lipinski definition) is 3. The van der Waals surface area contributed by atoms with Crippen molar-refractivity contribution in [1.82, 2.24) is 5.32 Å². The van der Waals surface area contributed by atoms with Gasteiger partial charge in [0.05, 0.1) is 16.9 Å². The molecule has 0 spiro atoms. The molecular formula is C19H21N3O3. The summed E-state index contributed by atoms with van der Waals surface area (Å²) in [6.07, 6.45) is 0. The van der Waals surface area contributed by atoms with Gasteiger partial charge in [0.1, 0.15) is 0 Å². The van der Waals surface area contributed by atoms with E-state index < -0.39 is 5.54 Å². The van der Waals surface area contributed by atoms with Crippen molar-refractivity contribution in [1.29, 1.82) is 0 Å². The van der Waals surface area contributed by atoms with E-state index in [0.29, 0.717) is 17.1 Å². The largest absolute Gasteiger partial charge is 0.479 e. The van der Waals surface area contributed by atoms with Gasteiger partial charge in [0.15, 0.2) is 12.4 Å². The molecule has 0 saturated carbocycles. The van der Waals surface area contributed by atoms with Crippen molar-refractivity contribution in [2.75, 3.05) is 17.2 Å². The van der Waals surface area contributed by atoms with Crippen LogP contribution in [0.1, 0.15) is 25.0 Å². The van der Waals surface area contributed by atoms with E-state index in [-0.39, 0.29) is 18.5 Å². The molecule has 3 amide bonds. The Morgan fingerprint density at radius 2 is 1.92 bits per heavy atom. The smallest absolute Gasteiger partial charge is 0.320 e. The van der Waals surface area contributed by atoms with E-state index >= 15 is 0 Å². The summed E-state index contributed by atoms with van der Waals surface area (Å²) in [4.78, 5) is 23.9. The van der Waals surface area contributed by atoms with Gasteiger partial charge < -0.3 is 20.7 Å². The van der Waals surface area contributed by atoms with E-state index in [9.17, 15) is 9.59 Å². The van der Waals surface area contributed by atoms with Gasteiger partial charge in [0.2, 0.25) is 0 Å². The van der Waals surface area contributed by atoms with Crippen molar-refractivity contribution in [3.05, 3.63) is 53.6 Å². The Morgan fingerprint density at radius 1 is 1.16 bits per heavy atom. The maximum absolute atomic E-state index is 12.5. The Bertz CT molecular complexity index is 830. The zero-order valence-electron chi connectivity index (χ0n) is 14.5. The summed E-state index contributed by atoms with van der Waals surface area (Å²) in [5.41, 5.74) is 2.67. The molecule has 1 aliphatic heterocycles. The number of rotatable bonds is 3. The van der Waals surface area contributed by atoms with Crippen LogP contribution in [-0.4, -0.2) is 18.5 Å². The Hall–Kier alpha value is -3.02. The van der Waals surface area contributed by atoms with Crippen molar-refractivity contribution < 1.29 is 14.3 Å². The molecule has 0 bridgehead atoms. The average Bonchev–Trinajstić information content (AvgIpc) is 2.54. The molecule has 6 heteroatoms. The highest BCUT2D eigenvalue weighted by Gasteiger charge is 2.25. The number of amides is 3. The minimum absolute atomic E-state index is 0.0674. The highest BCUT2D eigenvalue weighted by atomic mass is 16.5. The molecule has 2 aromatic carbocycles. The number of hydrogen-bond donors (Lipinski definition) is 3. The summed E-state index contributed by atoms with van der Waals surface area (Å²) in [7, 11) is 0. The van der Waals surface area contributed by atoms with Gasteiger partial charge in [-0.05, 0) is 44.0 Å². The van der Waals surface area contributed by atoms with Crippen molar-refractivity contribution in [3.8, 4) is 5.75 Å². The third kappa shape index (κ3) is 3.57. The van der Waals surface area contributed by atoms with Gasteiger partial charge in [-0.15, -0.1) is 0 Å². The molecule has 1 aliphatic rings. The Labute approximate surface area is 146 Å². The van der Waals surface area contributed by atoms with Crippen LogP contribution in [0.5, 0.6) is 5.75 Å². The number of nitrogens with one attached hydrogen (secondary N) is 3. The summed E-state index contributed by atoms with van der Waals surface area (Å²) in [5, 5.41) is 8.51. The predicted molar refractivity (Wildman–Crippen MR) is 96.9 cm³/mol. The van der Waals surface area contributed by atoms with Gasteiger partial charge in [0, 0.05) is 0 Å². The van der Waals surface area contributed by atoms with Crippen molar-refractivity contribution in [3.63, 3.8) is 0 Å². The first-order valence-electron chi connectivity index (χ1n) is 8.08. The fourth-order valence-corrected chi connectivity index (χ4v) is 2.99. The van der Waals surface area contributed by atoms with Crippen LogP contribution in [0.3, 0.4) is 0 Å². The van der Waals surface area contributed by atoms with E-state index in [1.807, 2.05) is 45.0 Å². The second kappa shape index (κ2) is 6.47. The third-order valence-corrected chi connectivity index (χ3v) is 4.13. The number of carbonyl (C=O) groups is 2. The summed E-state index contributed by atoms with van der Waals surface area (Å²) in [5.74, 6) is 0.251. The zero-order chi connectivity index (χ0) is 18.0. The van der Waals surface area contributed by atoms with E-state index in [2.05, 4.69) is 16.0 Å². The maximum atomic E-state index is 12.5. The standard InChI is InChI=1S/C19H21N3O3/c1-12-7-4-5-8-13(12)19(2,3)22-18(24)21-15-10-6-9-14-17(15)25-11-16(23)20-14/h4-10H,11H2,1-3H3,(H,20,23)(H2,21,22,24). The van der Waals surface area contributed by atoms with Gasteiger partial charge >= 0.3 is 6.03 Å². The summed E-state index contributed by atoms with van der Waals surface area (Å²) < 4.78 is 5.45. The monoisotopic (exact) mass is 339 g/mol. The van der Waals surface area contributed by atoms with Crippen molar-refractivity contribution in [2.24, 2.45) is 0 Å². The first kappa shape index (κ1) is 16.8. The average molecular weight is 339 g/mol. The molecule has 0 atom stereocenters. The van der Waals surface area contributed by atoms with Crippen LogP contribution >= 0.6 is 0 Å². The summed E-state index contributed by atoms with van der Waals surface area (Å²) in [6.45, 7) is 5.85. The normalized spacial score (nSPS) is 13.3. The number of benzene rings is 2. The molecule has 0 saturated heterocycles. The fourth-order valence-electron chi connectivity index (χ4n) is 2.99. The minimum Gasteiger partial charge on any atom is -0.479 e. The zero-order valence-corrected chi connectivity index (χ0v) is 14.5. The lowest BCUT2D eigenvalue weighted by Crippen LogP contribution is -2.43. The molecule has 0 fully saturated rings. The number of ether oxygens (including phenoxy) is 1. The molecule has 1 heterocycles. The fraction of sp³-hybridized carbons (Fsp3) is 0.263. The first-order chi connectivity index (χ1) is 11.9. The highest BCUT2D eigenvalue weighted by molar-refractivity contribution is 5.99. The highest BCUT2D eigenvalue weighted by Crippen LogP contribution is 2.35. The molecule has 0 aliphatic carbocycles. The second-order valence-corrected chi connectivity index (χ2v) is 6.54. The van der Waals surface area contributed by atoms with Gasteiger partial charge in [-0.1, -0.05) is 30.3 Å². The van der Waals surface area contributed by atoms with E-state index in [0.717, 1.165) is 11.1 Å². The maximum Gasteiger partial charge on any atom is 0.320 e. The lowest BCUT2D eigenvalue weighted by Gasteiger charge is -2.29. The lowest BCUT2D eigenvalue weighted by molar-refractivity contribution is -0.118. The van der Waals surface area contributed by atoms with Gasteiger partial charge in [-0.2, -0.15) is 0 Å². The summed E-state index contributed by atoms with van der Waals surface area (Å²) in [6, 6.07) is 12.8. The third-order valence-electron chi connectivity index (χ3n) is 4.13. The molecule has 0 radical (unpaired) electrons. The number of urea groups is 1. The van der Waals surface area contributed by atoms with Crippen LogP contribution in [0.25, 0.3) is 0 Å². The van der Waals surface area contributed by atoms with Crippen molar-refractivity contribution >= 4 is 23.3 Å². The van der Waals surface area contributed by atoms with Gasteiger partial charge in [-0.3, -0.25) is 4.79 Å². The molecule has 6 nitrogen and oxygen atoms in total. The molecule has 130 valence electrons. The van der Waals surface area contributed by atoms with Gasteiger partial charge in [-0.25, -0.2) is 4.79 Å². The van der Waals surface area contributed by atoms with Crippen molar-refractivity contribution in [2.45, 2.75) is 26.3 Å². The van der Waals surface area contributed by atoms with Crippen LogP contribution in [0, 0.1) is 6.92 Å². The molecule has 25 heavy (non-hydrogen) atoms. The predicted octanol–water partition coefficient (Wildman–Crippen LogP) is 3.38. The SMILES string of the molecule is Cc1ccccc1C(C)(C)NC(=O)Nc1cccc2c1OCC(=O)N2. The van der Waals surface area contributed by atoms with E-state index in [1.54, 1.807) is 18.2 Å². The quantitative estimate of drug-likeness (QED) is 0.802. The lowest BCUT2D eigenvalue weighted by atomic mass is 9.90. The number of carbonyl (C=O) groups excluding carboxylic acids is 2. The minimum atomic E-state index is -0.542. The number of para-hydroxylation sites is 1. The van der Waals surface area contributed by atoms with Crippen LogP contribution in [0.15, 0.2) is 42.5 Å². The second-order valence-electron chi connectivity index (χ2n) is 6.54. The molecule has 3 N–H and O–H groups in total. The molecule has 0 aromatic heterocycles. The van der Waals surface area contributed by atoms with Crippen LogP contribution in [0.4, 0.5) is 16.2 Å². The van der Waals surface area contributed by atoms with E-state index in [1.165, 1.54) is 0 Å². The number of fused-ring (bicyclic) bond motifs is 1. The molecule has 3 rings (SSSR count). The van der Waals surface area contributed by atoms with E-state index in [4.69, 9.17) is 4.74 Å². The summed E-state index contributed by atoms with van der Waals surface area (Å²) >= 11 is 0. The van der Waals surface area contributed by atoms with Crippen LogP contribution in [-0.2, 0) is 10.3 Å². The van der Waals surface area contributed by atoms with Crippen LogP contribution in [0.2, 0.25) is 0 Å². The molecule has 2 aromatic rings. The Kier molecular flexibility index (Phi) is 4.35. The van der Waals surface area contributed by atoms with Crippen LogP contribution < -0.4 is 20.7 Å². The number of anilines is 2.